The monoisotopic (exact) mass is 452 g/mol. The zero-order valence-electron chi connectivity index (χ0n) is 15.8. The van der Waals surface area contributed by atoms with Gasteiger partial charge in [-0.05, 0) is 49.3 Å². The van der Waals surface area contributed by atoms with E-state index >= 15 is 0 Å². The first-order valence-electron chi connectivity index (χ1n) is 9.95. The van der Waals surface area contributed by atoms with E-state index in [1.807, 2.05) is 0 Å². The largest absolute Gasteiger partial charge is 0.468 e. The van der Waals surface area contributed by atoms with Crippen LogP contribution in [0.1, 0.15) is 38.2 Å². The van der Waals surface area contributed by atoms with Crippen molar-refractivity contribution in [3.05, 3.63) is 29.8 Å². The summed E-state index contributed by atoms with van der Waals surface area (Å²) in [6, 6.07) is 8.71. The number of hydrogen-bond acceptors (Lipinski definition) is 4. The number of nitrogens with zero attached hydrogens (tertiary/aromatic N) is 1. The number of piperidine rings is 1. The summed E-state index contributed by atoms with van der Waals surface area (Å²) >= 11 is 11.3. The fourth-order valence-corrected chi connectivity index (χ4v) is 8.75. The van der Waals surface area contributed by atoms with Gasteiger partial charge >= 0.3 is 5.97 Å². The maximum atomic E-state index is 13.1. The first-order valence-corrected chi connectivity index (χ1v) is 11.2. The van der Waals surface area contributed by atoms with Gasteiger partial charge in [0.25, 0.3) is 0 Å². The molecule has 3 heterocycles. The Morgan fingerprint density at radius 3 is 2.96 bits per heavy atom. The van der Waals surface area contributed by atoms with Gasteiger partial charge in [0.05, 0.1) is 13.2 Å². The number of ether oxygens (including phenoxy) is 1. The highest BCUT2D eigenvalue weighted by molar-refractivity contribution is 9.09. The SMILES string of the molecule is CC[C@]12CCCN3C[C@@H](Br)[C@@]4(c5ccccc5N[C@H]4[C@@](Cl)(C(=O)OC)C1)[C@@H]32. The van der Waals surface area contributed by atoms with Crippen LogP contribution in [0.3, 0.4) is 0 Å². The van der Waals surface area contributed by atoms with Crippen molar-refractivity contribution in [2.24, 2.45) is 5.41 Å². The second-order valence-corrected chi connectivity index (χ2v) is 10.6. The van der Waals surface area contributed by atoms with Crippen molar-refractivity contribution in [3.8, 4) is 0 Å². The fourth-order valence-electron chi connectivity index (χ4n) is 7.04. The third-order valence-electron chi connectivity index (χ3n) is 7.90. The molecule has 0 unspecified atom stereocenters. The molecule has 4 aliphatic rings. The first kappa shape index (κ1) is 18.3. The van der Waals surface area contributed by atoms with Crippen molar-refractivity contribution in [1.82, 2.24) is 4.90 Å². The van der Waals surface area contributed by atoms with Crippen LogP contribution >= 0.6 is 27.5 Å². The van der Waals surface area contributed by atoms with E-state index in [0.717, 1.165) is 38.0 Å². The molecule has 3 fully saturated rings. The minimum absolute atomic E-state index is 0.0202. The van der Waals surface area contributed by atoms with E-state index < -0.39 is 4.87 Å². The predicted octanol–water partition coefficient (Wildman–Crippen LogP) is 3.91. The molecule has 27 heavy (non-hydrogen) atoms. The van der Waals surface area contributed by atoms with E-state index in [1.165, 1.54) is 12.7 Å². The zero-order chi connectivity index (χ0) is 19.0. The van der Waals surface area contributed by atoms with E-state index in [1.54, 1.807) is 0 Å². The van der Waals surface area contributed by atoms with Crippen LogP contribution in [-0.2, 0) is 14.9 Å². The smallest absolute Gasteiger partial charge is 0.329 e. The lowest BCUT2D eigenvalue weighted by atomic mass is 9.49. The van der Waals surface area contributed by atoms with E-state index in [-0.39, 0.29) is 27.7 Å². The standard InChI is InChI=1S/C21H26BrClN2O2/c1-3-19-9-6-10-25-11-15(22)21(17(19)25)13-7-4-5-8-14(13)24-16(21)20(23,12-19)18(26)27-2/h4-5,7-8,15-17,24H,3,6,9-12H2,1-2H3/t15-,16+,17+,19+,20-,21-/m1/s1. The van der Waals surface area contributed by atoms with Crippen molar-refractivity contribution in [3.63, 3.8) is 0 Å². The summed E-state index contributed by atoms with van der Waals surface area (Å²) in [6.07, 6.45) is 3.97. The Bertz CT molecular complexity index is 806. The molecule has 1 aromatic rings. The maximum absolute atomic E-state index is 13.1. The molecule has 1 aromatic carbocycles. The van der Waals surface area contributed by atoms with E-state index in [0.29, 0.717) is 12.5 Å². The Labute approximate surface area is 174 Å². The highest BCUT2D eigenvalue weighted by Crippen LogP contribution is 2.68. The van der Waals surface area contributed by atoms with Crippen molar-refractivity contribution in [2.45, 2.75) is 59.8 Å². The van der Waals surface area contributed by atoms with E-state index in [2.05, 4.69) is 57.3 Å². The number of carbonyl (C=O) groups is 1. The second kappa shape index (κ2) is 5.87. The van der Waals surface area contributed by atoms with Gasteiger partial charge in [0.15, 0.2) is 4.87 Å². The van der Waals surface area contributed by atoms with Gasteiger partial charge in [0, 0.05) is 28.5 Å². The summed E-state index contributed by atoms with van der Waals surface area (Å²) in [5.41, 5.74) is 2.20. The average Bonchev–Trinajstić information content (AvgIpc) is 3.19. The molecule has 1 saturated carbocycles. The van der Waals surface area contributed by atoms with Crippen molar-refractivity contribution >= 4 is 39.2 Å². The van der Waals surface area contributed by atoms with Gasteiger partial charge in [-0.2, -0.15) is 0 Å². The number of alkyl halides is 2. The lowest BCUT2D eigenvalue weighted by molar-refractivity contribution is -0.150. The molecular formula is C21H26BrClN2O2. The Balaban J connectivity index is 1.81. The average molecular weight is 454 g/mol. The van der Waals surface area contributed by atoms with Crippen LogP contribution in [0.4, 0.5) is 5.69 Å². The van der Waals surface area contributed by atoms with Gasteiger partial charge in [0.1, 0.15) is 0 Å². The molecular weight excluding hydrogens is 428 g/mol. The highest BCUT2D eigenvalue weighted by Gasteiger charge is 2.76. The number of methoxy groups -OCH3 is 1. The molecule has 6 atom stereocenters. The van der Waals surface area contributed by atoms with Gasteiger partial charge in [-0.25, -0.2) is 0 Å². The lowest BCUT2D eigenvalue weighted by Gasteiger charge is -2.62. The number of hydrogen-bond donors (Lipinski definition) is 1. The molecule has 5 rings (SSSR count). The quantitative estimate of drug-likeness (QED) is 0.544. The third kappa shape index (κ3) is 2.01. The molecule has 0 amide bonds. The summed E-state index contributed by atoms with van der Waals surface area (Å²) in [4.78, 5) is 14.9. The van der Waals surface area contributed by atoms with Crippen molar-refractivity contribution in [2.75, 3.05) is 25.5 Å². The van der Waals surface area contributed by atoms with Crippen LogP contribution < -0.4 is 5.32 Å². The topological polar surface area (TPSA) is 41.6 Å². The molecule has 1 N–H and O–H groups in total. The Morgan fingerprint density at radius 2 is 2.22 bits per heavy atom. The van der Waals surface area contributed by atoms with Crippen LogP contribution in [0.2, 0.25) is 0 Å². The summed E-state index contributed by atoms with van der Waals surface area (Å²) < 4.78 is 5.27. The molecule has 0 radical (unpaired) electrons. The minimum Gasteiger partial charge on any atom is -0.468 e. The number of benzene rings is 1. The van der Waals surface area contributed by atoms with E-state index in [4.69, 9.17) is 16.3 Å². The number of halogens is 2. The van der Waals surface area contributed by atoms with Gasteiger partial charge in [0.2, 0.25) is 0 Å². The molecule has 3 aliphatic heterocycles. The first-order chi connectivity index (χ1) is 12.9. The Hall–Kier alpha value is -0.780. The second-order valence-electron chi connectivity index (χ2n) is 8.77. The normalized spacial score (nSPS) is 44.8. The summed E-state index contributed by atoms with van der Waals surface area (Å²) in [7, 11) is 1.46. The number of fused-ring (bicyclic) bond motifs is 1. The van der Waals surface area contributed by atoms with Crippen LogP contribution in [0.25, 0.3) is 0 Å². The molecule has 1 aliphatic carbocycles. The summed E-state index contributed by atoms with van der Waals surface area (Å²) in [6.45, 7) is 4.38. The molecule has 4 nitrogen and oxygen atoms in total. The molecule has 1 spiro atoms. The summed E-state index contributed by atoms with van der Waals surface area (Å²) in [5, 5.41) is 3.68. The van der Waals surface area contributed by atoms with Gasteiger partial charge in [-0.1, -0.05) is 41.1 Å². The number of para-hydroxylation sites is 1. The molecule has 0 bridgehead atoms. The minimum atomic E-state index is -1.07. The highest BCUT2D eigenvalue weighted by atomic mass is 79.9. The third-order valence-corrected chi connectivity index (χ3v) is 9.45. The molecule has 2 saturated heterocycles. The predicted molar refractivity (Wildman–Crippen MR) is 111 cm³/mol. The Morgan fingerprint density at radius 1 is 1.44 bits per heavy atom. The van der Waals surface area contributed by atoms with Gasteiger partial charge < -0.3 is 10.1 Å². The van der Waals surface area contributed by atoms with Crippen LogP contribution in [0, 0.1) is 5.41 Å². The zero-order valence-corrected chi connectivity index (χ0v) is 18.1. The number of anilines is 1. The van der Waals surface area contributed by atoms with Gasteiger partial charge in [-0.3, -0.25) is 9.69 Å². The molecule has 146 valence electrons. The molecule has 0 aromatic heterocycles. The van der Waals surface area contributed by atoms with Crippen LogP contribution in [-0.4, -0.2) is 52.9 Å². The number of nitrogens with one attached hydrogen (secondary N) is 1. The lowest BCUT2D eigenvalue weighted by Crippen LogP contribution is -2.73. The number of carbonyl (C=O) groups excluding carboxylic acids is 1. The maximum Gasteiger partial charge on any atom is 0.329 e. The van der Waals surface area contributed by atoms with Crippen molar-refractivity contribution in [1.29, 1.82) is 0 Å². The van der Waals surface area contributed by atoms with E-state index in [9.17, 15) is 4.79 Å². The number of rotatable bonds is 2. The Kier molecular flexibility index (Phi) is 3.97. The van der Waals surface area contributed by atoms with Crippen molar-refractivity contribution < 1.29 is 9.53 Å². The van der Waals surface area contributed by atoms with Crippen LogP contribution in [0.15, 0.2) is 24.3 Å². The fraction of sp³-hybridized carbons (Fsp3) is 0.667. The van der Waals surface area contributed by atoms with Crippen LogP contribution in [0.5, 0.6) is 0 Å². The van der Waals surface area contributed by atoms with Gasteiger partial charge in [-0.15, -0.1) is 11.6 Å². The summed E-state index contributed by atoms with van der Waals surface area (Å²) in [5.74, 6) is -0.302. The number of esters is 1. The molecule has 6 heteroatoms.